The largest absolute Gasteiger partial charge is 0.496 e. The zero-order valence-electron chi connectivity index (χ0n) is 15.9. The fourth-order valence-electron chi connectivity index (χ4n) is 2.84. The molecular weight excluding hydrogens is 374 g/mol. The van der Waals surface area contributed by atoms with Crippen molar-refractivity contribution >= 4 is 23.1 Å². The van der Waals surface area contributed by atoms with Crippen LogP contribution in [0, 0.1) is 6.92 Å². The van der Waals surface area contributed by atoms with Gasteiger partial charge in [0.1, 0.15) is 5.75 Å². The molecule has 0 fully saturated rings. The smallest absolute Gasteiger partial charge is 0.322 e. The predicted molar refractivity (Wildman–Crippen MR) is 112 cm³/mol. The third-order valence-corrected chi connectivity index (χ3v) is 5.04. The molecule has 0 bridgehead atoms. The summed E-state index contributed by atoms with van der Waals surface area (Å²) < 4.78 is 5.35. The first-order valence-electron chi connectivity index (χ1n) is 8.92. The van der Waals surface area contributed by atoms with Gasteiger partial charge in [-0.05, 0) is 25.1 Å². The Morgan fingerprint density at radius 1 is 1.21 bits per heavy atom. The van der Waals surface area contributed by atoms with Crippen LogP contribution in [0.15, 0.2) is 53.9 Å². The van der Waals surface area contributed by atoms with E-state index in [1.54, 1.807) is 23.3 Å². The van der Waals surface area contributed by atoms with Gasteiger partial charge in [-0.15, -0.1) is 11.3 Å². The molecule has 146 valence electrons. The number of hydrogen-bond acceptors (Lipinski definition) is 5. The number of aromatic nitrogens is 1. The molecule has 2 aromatic carbocycles. The van der Waals surface area contributed by atoms with Gasteiger partial charge in [0.2, 0.25) is 0 Å². The van der Waals surface area contributed by atoms with E-state index in [0.29, 0.717) is 18.0 Å². The number of thiazole rings is 1. The molecule has 1 aromatic heterocycles. The summed E-state index contributed by atoms with van der Waals surface area (Å²) >= 11 is 1.61. The molecule has 0 unspecified atom stereocenters. The van der Waals surface area contributed by atoms with Crippen molar-refractivity contribution in [2.45, 2.75) is 13.5 Å². The highest BCUT2D eigenvalue weighted by Gasteiger charge is 2.16. The fourth-order valence-corrected chi connectivity index (χ4v) is 3.46. The zero-order valence-corrected chi connectivity index (χ0v) is 16.7. The molecule has 3 rings (SSSR count). The minimum atomic E-state index is -0.280. The van der Waals surface area contributed by atoms with Gasteiger partial charge in [-0.25, -0.2) is 9.78 Å². The van der Waals surface area contributed by atoms with E-state index in [1.165, 1.54) is 0 Å². The van der Waals surface area contributed by atoms with Crippen molar-refractivity contribution < 1.29 is 14.6 Å². The highest BCUT2D eigenvalue weighted by atomic mass is 32.1. The first-order valence-corrected chi connectivity index (χ1v) is 9.80. The number of nitrogens with one attached hydrogen (secondary N) is 1. The van der Waals surface area contributed by atoms with E-state index in [4.69, 9.17) is 4.74 Å². The average molecular weight is 398 g/mol. The number of aryl methyl sites for hydroxylation is 1. The Balaban J connectivity index is 1.70. The SMILES string of the molecule is COc1ccccc1CN(CCO)C(=O)Nc1ccc(-c2csc(C)n2)cc1. The second kappa shape index (κ2) is 9.34. The number of carbonyl (C=O) groups excluding carboxylic acids is 1. The molecule has 1 heterocycles. The molecule has 0 aliphatic heterocycles. The van der Waals surface area contributed by atoms with Gasteiger partial charge in [0, 0.05) is 28.7 Å². The molecule has 0 spiro atoms. The van der Waals surface area contributed by atoms with Gasteiger partial charge < -0.3 is 20.1 Å². The van der Waals surface area contributed by atoms with Gasteiger partial charge in [-0.1, -0.05) is 30.3 Å². The summed E-state index contributed by atoms with van der Waals surface area (Å²) in [7, 11) is 1.60. The maximum Gasteiger partial charge on any atom is 0.322 e. The Morgan fingerprint density at radius 2 is 1.96 bits per heavy atom. The molecule has 2 amide bonds. The van der Waals surface area contributed by atoms with Crippen molar-refractivity contribution in [3.8, 4) is 17.0 Å². The van der Waals surface area contributed by atoms with E-state index < -0.39 is 0 Å². The number of methoxy groups -OCH3 is 1. The minimum absolute atomic E-state index is 0.120. The number of benzene rings is 2. The van der Waals surface area contributed by atoms with Gasteiger partial charge in [0.15, 0.2) is 0 Å². The van der Waals surface area contributed by atoms with Crippen molar-refractivity contribution in [1.29, 1.82) is 0 Å². The fraction of sp³-hybridized carbons (Fsp3) is 0.238. The summed E-state index contributed by atoms with van der Waals surface area (Å²) in [6.07, 6.45) is 0. The summed E-state index contributed by atoms with van der Waals surface area (Å²) in [5.74, 6) is 0.709. The molecule has 0 saturated heterocycles. The lowest BCUT2D eigenvalue weighted by Crippen LogP contribution is -2.36. The number of hydrogen-bond donors (Lipinski definition) is 2. The van der Waals surface area contributed by atoms with Crippen LogP contribution in [0.1, 0.15) is 10.6 Å². The van der Waals surface area contributed by atoms with Gasteiger partial charge in [0.25, 0.3) is 0 Å². The Labute approximate surface area is 168 Å². The van der Waals surface area contributed by atoms with Crippen LogP contribution in [0.5, 0.6) is 5.75 Å². The van der Waals surface area contributed by atoms with E-state index in [-0.39, 0.29) is 19.2 Å². The Bertz CT molecular complexity index is 925. The number of aliphatic hydroxyl groups excluding tert-OH is 1. The second-order valence-electron chi connectivity index (χ2n) is 6.22. The van der Waals surface area contributed by atoms with Crippen LogP contribution in [0.3, 0.4) is 0 Å². The van der Waals surface area contributed by atoms with E-state index in [2.05, 4.69) is 10.3 Å². The lowest BCUT2D eigenvalue weighted by atomic mass is 10.1. The molecule has 0 atom stereocenters. The van der Waals surface area contributed by atoms with Crippen molar-refractivity contribution in [3.05, 3.63) is 64.5 Å². The third kappa shape index (κ3) is 4.88. The lowest BCUT2D eigenvalue weighted by Gasteiger charge is -2.23. The minimum Gasteiger partial charge on any atom is -0.496 e. The standard InChI is InChI=1S/C21H23N3O3S/c1-15-22-19(14-28-15)16-7-9-18(10-8-16)23-21(26)24(11-12-25)13-17-5-3-4-6-20(17)27-2/h3-10,14,25H,11-13H2,1-2H3,(H,23,26). The number of amides is 2. The molecule has 6 nitrogen and oxygen atoms in total. The molecule has 2 N–H and O–H groups in total. The summed E-state index contributed by atoms with van der Waals surface area (Å²) in [5.41, 5.74) is 3.49. The number of urea groups is 1. The summed E-state index contributed by atoms with van der Waals surface area (Å²) in [6, 6.07) is 14.8. The topological polar surface area (TPSA) is 74.7 Å². The van der Waals surface area contributed by atoms with Gasteiger partial charge in [-0.3, -0.25) is 0 Å². The van der Waals surface area contributed by atoms with E-state index in [1.807, 2.05) is 60.8 Å². The number of aliphatic hydroxyl groups is 1. The Kier molecular flexibility index (Phi) is 6.62. The molecular formula is C21H23N3O3S. The van der Waals surface area contributed by atoms with E-state index in [0.717, 1.165) is 21.8 Å². The quantitative estimate of drug-likeness (QED) is 0.628. The van der Waals surface area contributed by atoms with Gasteiger partial charge >= 0.3 is 6.03 Å². The monoisotopic (exact) mass is 397 g/mol. The predicted octanol–water partition coefficient (Wildman–Crippen LogP) is 4.15. The summed E-state index contributed by atoms with van der Waals surface area (Å²) in [6.45, 7) is 2.41. The number of carbonyl (C=O) groups is 1. The molecule has 0 saturated carbocycles. The number of rotatable bonds is 7. The normalized spacial score (nSPS) is 10.5. The van der Waals surface area contributed by atoms with Crippen LogP contribution in [0.25, 0.3) is 11.3 Å². The second-order valence-corrected chi connectivity index (χ2v) is 7.28. The molecule has 0 aliphatic rings. The van der Waals surface area contributed by atoms with Crippen LogP contribution in [-0.2, 0) is 6.54 Å². The van der Waals surface area contributed by atoms with Crippen LogP contribution in [-0.4, -0.2) is 41.3 Å². The van der Waals surface area contributed by atoms with Crippen molar-refractivity contribution in [2.75, 3.05) is 25.6 Å². The van der Waals surface area contributed by atoms with Crippen molar-refractivity contribution in [1.82, 2.24) is 9.88 Å². The number of ether oxygens (including phenoxy) is 1. The van der Waals surface area contributed by atoms with Gasteiger partial charge in [0.05, 0.1) is 31.0 Å². The number of anilines is 1. The van der Waals surface area contributed by atoms with Crippen LogP contribution < -0.4 is 10.1 Å². The van der Waals surface area contributed by atoms with Gasteiger partial charge in [-0.2, -0.15) is 0 Å². The number of nitrogens with zero attached hydrogens (tertiary/aromatic N) is 2. The summed E-state index contributed by atoms with van der Waals surface area (Å²) in [4.78, 5) is 18.7. The number of para-hydroxylation sites is 1. The maximum absolute atomic E-state index is 12.7. The molecule has 3 aromatic rings. The third-order valence-electron chi connectivity index (χ3n) is 4.26. The highest BCUT2D eigenvalue weighted by Crippen LogP contribution is 2.24. The first kappa shape index (κ1) is 19.9. The molecule has 0 radical (unpaired) electrons. The van der Waals surface area contributed by atoms with Crippen molar-refractivity contribution in [3.63, 3.8) is 0 Å². The van der Waals surface area contributed by atoms with Crippen LogP contribution >= 0.6 is 11.3 Å². The molecule has 7 heteroatoms. The highest BCUT2D eigenvalue weighted by molar-refractivity contribution is 7.09. The van der Waals surface area contributed by atoms with Crippen LogP contribution in [0.4, 0.5) is 10.5 Å². The Hall–Kier alpha value is -2.90. The summed E-state index contributed by atoms with van der Waals surface area (Å²) in [5, 5.41) is 15.3. The van der Waals surface area contributed by atoms with E-state index in [9.17, 15) is 9.90 Å². The molecule has 0 aliphatic carbocycles. The lowest BCUT2D eigenvalue weighted by molar-refractivity contribution is 0.184. The first-order chi connectivity index (χ1) is 13.6. The Morgan fingerprint density at radius 3 is 2.61 bits per heavy atom. The van der Waals surface area contributed by atoms with Crippen molar-refractivity contribution in [2.24, 2.45) is 0 Å². The zero-order chi connectivity index (χ0) is 19.9. The average Bonchev–Trinajstić information content (AvgIpc) is 3.15. The van der Waals surface area contributed by atoms with Crippen LogP contribution in [0.2, 0.25) is 0 Å². The molecule has 28 heavy (non-hydrogen) atoms. The maximum atomic E-state index is 12.7. The van der Waals surface area contributed by atoms with E-state index >= 15 is 0 Å².